The first-order chi connectivity index (χ1) is 8.75. The van der Waals surface area contributed by atoms with Gasteiger partial charge in [-0.25, -0.2) is 0 Å². The van der Waals surface area contributed by atoms with Gasteiger partial charge in [0.2, 0.25) is 5.91 Å². The maximum atomic E-state index is 11.7. The van der Waals surface area contributed by atoms with Crippen LogP contribution in [0.1, 0.15) is 24.3 Å². The fraction of sp³-hybridized carbons (Fsp3) is 0.133. The maximum Gasteiger partial charge on any atom is 0.244 e. The van der Waals surface area contributed by atoms with E-state index in [4.69, 9.17) is 4.42 Å². The molecule has 1 aromatic heterocycles. The average molecular weight is 241 g/mol. The van der Waals surface area contributed by atoms with Crippen LogP contribution >= 0.6 is 0 Å². The molecule has 0 aliphatic carbocycles. The van der Waals surface area contributed by atoms with Crippen LogP contribution in [0.4, 0.5) is 0 Å². The van der Waals surface area contributed by atoms with Crippen LogP contribution in [-0.2, 0) is 4.79 Å². The highest BCUT2D eigenvalue weighted by molar-refractivity contribution is 5.91. The molecule has 1 N–H and O–H groups in total. The van der Waals surface area contributed by atoms with Crippen LogP contribution in [-0.4, -0.2) is 5.91 Å². The molecule has 2 rings (SSSR count). The summed E-state index contributed by atoms with van der Waals surface area (Å²) < 4.78 is 5.22. The maximum absolute atomic E-state index is 11.7. The van der Waals surface area contributed by atoms with Gasteiger partial charge in [-0.05, 0) is 30.7 Å². The molecule has 0 saturated heterocycles. The van der Waals surface area contributed by atoms with Crippen LogP contribution in [0.3, 0.4) is 0 Å². The van der Waals surface area contributed by atoms with E-state index in [1.807, 2.05) is 43.3 Å². The average Bonchev–Trinajstić information content (AvgIpc) is 2.91. The largest absolute Gasteiger partial charge is 0.467 e. The van der Waals surface area contributed by atoms with E-state index >= 15 is 0 Å². The van der Waals surface area contributed by atoms with E-state index in [-0.39, 0.29) is 11.9 Å². The van der Waals surface area contributed by atoms with E-state index in [0.717, 1.165) is 11.3 Å². The third-order valence-corrected chi connectivity index (χ3v) is 2.56. The summed E-state index contributed by atoms with van der Waals surface area (Å²) in [6.45, 7) is 1.88. The van der Waals surface area contributed by atoms with E-state index in [0.29, 0.717) is 0 Å². The predicted molar refractivity (Wildman–Crippen MR) is 70.7 cm³/mol. The van der Waals surface area contributed by atoms with Crippen molar-refractivity contribution in [2.45, 2.75) is 13.0 Å². The highest BCUT2D eigenvalue weighted by Gasteiger charge is 2.09. The summed E-state index contributed by atoms with van der Waals surface area (Å²) in [4.78, 5) is 11.7. The number of hydrogen-bond donors (Lipinski definition) is 1. The summed E-state index contributed by atoms with van der Waals surface area (Å²) in [6.07, 6.45) is 4.90. The lowest BCUT2D eigenvalue weighted by atomic mass is 10.2. The molecule has 0 bridgehead atoms. The van der Waals surface area contributed by atoms with Gasteiger partial charge in [-0.2, -0.15) is 0 Å². The summed E-state index contributed by atoms with van der Waals surface area (Å²) in [5, 5.41) is 2.83. The van der Waals surface area contributed by atoms with Gasteiger partial charge in [0.15, 0.2) is 0 Å². The quantitative estimate of drug-likeness (QED) is 0.835. The molecule has 3 heteroatoms. The molecule has 0 radical (unpaired) electrons. The Labute approximate surface area is 106 Å². The van der Waals surface area contributed by atoms with Crippen molar-refractivity contribution >= 4 is 12.0 Å². The molecule has 1 amide bonds. The lowest BCUT2D eigenvalue weighted by Crippen LogP contribution is -2.24. The zero-order valence-electron chi connectivity index (χ0n) is 10.2. The Kier molecular flexibility index (Phi) is 3.97. The van der Waals surface area contributed by atoms with E-state index in [1.165, 1.54) is 6.08 Å². The van der Waals surface area contributed by atoms with E-state index in [9.17, 15) is 4.79 Å². The third-order valence-electron chi connectivity index (χ3n) is 2.56. The first-order valence-electron chi connectivity index (χ1n) is 5.83. The summed E-state index contributed by atoms with van der Waals surface area (Å²) in [7, 11) is 0. The Morgan fingerprint density at radius 2 is 2.00 bits per heavy atom. The van der Waals surface area contributed by atoms with Gasteiger partial charge in [-0.1, -0.05) is 30.3 Å². The SMILES string of the molecule is CC(NC(=O)/C=C/c1ccccc1)c1ccco1. The Balaban J connectivity index is 1.91. The normalized spacial score (nSPS) is 12.5. The van der Waals surface area contributed by atoms with Gasteiger partial charge in [0.1, 0.15) is 5.76 Å². The van der Waals surface area contributed by atoms with Crippen molar-refractivity contribution < 1.29 is 9.21 Å². The first-order valence-corrected chi connectivity index (χ1v) is 5.83. The molecule has 0 aliphatic rings. The van der Waals surface area contributed by atoms with Gasteiger partial charge in [-0.3, -0.25) is 4.79 Å². The van der Waals surface area contributed by atoms with Crippen molar-refractivity contribution in [2.75, 3.05) is 0 Å². The minimum Gasteiger partial charge on any atom is -0.467 e. The number of amides is 1. The molecule has 18 heavy (non-hydrogen) atoms. The Hall–Kier alpha value is -2.29. The van der Waals surface area contributed by atoms with Gasteiger partial charge in [0.25, 0.3) is 0 Å². The lowest BCUT2D eigenvalue weighted by molar-refractivity contribution is -0.117. The summed E-state index contributed by atoms with van der Waals surface area (Å²) in [5.41, 5.74) is 0.998. The minimum atomic E-state index is -0.136. The second-order valence-electron chi connectivity index (χ2n) is 3.99. The zero-order chi connectivity index (χ0) is 12.8. The number of furan rings is 1. The molecule has 1 heterocycles. The molecule has 0 fully saturated rings. The molecule has 0 saturated carbocycles. The number of nitrogens with one attached hydrogen (secondary N) is 1. The van der Waals surface area contributed by atoms with Crippen molar-refractivity contribution in [1.82, 2.24) is 5.32 Å². The Morgan fingerprint density at radius 3 is 2.67 bits per heavy atom. The van der Waals surface area contributed by atoms with Crippen molar-refractivity contribution in [3.63, 3.8) is 0 Å². The minimum absolute atomic E-state index is 0.132. The summed E-state index contributed by atoms with van der Waals surface area (Å²) in [6, 6.07) is 13.2. The van der Waals surface area contributed by atoms with Crippen LogP contribution in [0.15, 0.2) is 59.2 Å². The molecule has 0 aliphatic heterocycles. The number of carbonyl (C=O) groups is 1. The number of benzene rings is 1. The number of rotatable bonds is 4. The molecule has 0 spiro atoms. The van der Waals surface area contributed by atoms with E-state index in [2.05, 4.69) is 5.32 Å². The Bertz CT molecular complexity index is 515. The van der Waals surface area contributed by atoms with Crippen LogP contribution in [0, 0.1) is 0 Å². The van der Waals surface area contributed by atoms with Gasteiger partial charge in [0.05, 0.1) is 12.3 Å². The topological polar surface area (TPSA) is 42.2 Å². The smallest absolute Gasteiger partial charge is 0.244 e. The van der Waals surface area contributed by atoms with Crippen molar-refractivity contribution in [3.8, 4) is 0 Å². The van der Waals surface area contributed by atoms with Crippen LogP contribution in [0.2, 0.25) is 0 Å². The monoisotopic (exact) mass is 241 g/mol. The second kappa shape index (κ2) is 5.87. The highest BCUT2D eigenvalue weighted by Crippen LogP contribution is 2.12. The predicted octanol–water partition coefficient (Wildman–Crippen LogP) is 3.17. The summed E-state index contributed by atoms with van der Waals surface area (Å²) >= 11 is 0. The standard InChI is InChI=1S/C15H15NO2/c1-12(14-8-5-11-18-14)16-15(17)10-9-13-6-3-2-4-7-13/h2-12H,1H3,(H,16,17)/b10-9+. The zero-order valence-corrected chi connectivity index (χ0v) is 10.2. The van der Waals surface area contributed by atoms with E-state index in [1.54, 1.807) is 18.4 Å². The molecule has 1 unspecified atom stereocenters. The van der Waals surface area contributed by atoms with Gasteiger partial charge in [-0.15, -0.1) is 0 Å². The summed E-state index contributed by atoms with van der Waals surface area (Å²) in [5.74, 6) is 0.610. The number of hydrogen-bond acceptors (Lipinski definition) is 2. The van der Waals surface area contributed by atoms with Crippen molar-refractivity contribution in [2.24, 2.45) is 0 Å². The van der Waals surface area contributed by atoms with Gasteiger partial charge >= 0.3 is 0 Å². The van der Waals surface area contributed by atoms with Crippen molar-refractivity contribution in [1.29, 1.82) is 0 Å². The highest BCUT2D eigenvalue weighted by atomic mass is 16.3. The molecule has 1 aromatic carbocycles. The third kappa shape index (κ3) is 3.35. The number of carbonyl (C=O) groups excluding carboxylic acids is 1. The molecular formula is C15H15NO2. The second-order valence-corrected chi connectivity index (χ2v) is 3.99. The van der Waals surface area contributed by atoms with Crippen molar-refractivity contribution in [3.05, 3.63) is 66.1 Å². The molecule has 92 valence electrons. The molecule has 3 nitrogen and oxygen atoms in total. The Morgan fingerprint density at radius 1 is 1.22 bits per heavy atom. The van der Waals surface area contributed by atoms with Crippen LogP contribution < -0.4 is 5.32 Å². The van der Waals surface area contributed by atoms with Gasteiger partial charge in [0, 0.05) is 6.08 Å². The van der Waals surface area contributed by atoms with E-state index < -0.39 is 0 Å². The fourth-order valence-corrected chi connectivity index (χ4v) is 1.61. The molecule has 2 aromatic rings. The van der Waals surface area contributed by atoms with Crippen LogP contribution in [0.5, 0.6) is 0 Å². The van der Waals surface area contributed by atoms with Gasteiger partial charge < -0.3 is 9.73 Å². The fourth-order valence-electron chi connectivity index (χ4n) is 1.61. The first kappa shape index (κ1) is 12.2. The van der Waals surface area contributed by atoms with Crippen LogP contribution in [0.25, 0.3) is 6.08 Å². The lowest BCUT2D eigenvalue weighted by Gasteiger charge is -2.08. The molecule has 1 atom stereocenters. The molecular weight excluding hydrogens is 226 g/mol.